The fourth-order valence-electron chi connectivity index (χ4n) is 2.78. The van der Waals surface area contributed by atoms with Crippen molar-refractivity contribution in [2.45, 2.75) is 37.5 Å². The molecule has 1 aliphatic rings. The summed E-state index contributed by atoms with van der Waals surface area (Å²) in [6, 6.07) is 8.08. The third kappa shape index (κ3) is 5.57. The summed E-state index contributed by atoms with van der Waals surface area (Å²) in [7, 11) is 0. The fraction of sp³-hybridized carbons (Fsp3) is 0.611. The molecule has 0 saturated carbocycles. The van der Waals surface area contributed by atoms with Crippen LogP contribution in [0.3, 0.4) is 0 Å². The molecule has 0 spiro atoms. The number of hydrogen-bond acceptors (Lipinski definition) is 3. The van der Waals surface area contributed by atoms with Gasteiger partial charge in [0.25, 0.3) is 0 Å². The van der Waals surface area contributed by atoms with Crippen LogP contribution in [0.1, 0.15) is 38.3 Å². The highest BCUT2D eigenvalue weighted by atomic mass is 35.5. The van der Waals surface area contributed by atoms with Crippen molar-refractivity contribution < 1.29 is 4.74 Å². The van der Waals surface area contributed by atoms with Gasteiger partial charge in [-0.25, -0.2) is 0 Å². The first-order valence-corrected chi connectivity index (χ1v) is 10.1. The normalized spacial score (nSPS) is 18.9. The minimum Gasteiger partial charge on any atom is -0.381 e. The van der Waals surface area contributed by atoms with Crippen LogP contribution in [0.4, 0.5) is 0 Å². The fourth-order valence-corrected chi connectivity index (χ4v) is 3.74. The number of thioether (sulfide) groups is 1. The van der Waals surface area contributed by atoms with E-state index in [2.05, 4.69) is 36.8 Å². The summed E-state index contributed by atoms with van der Waals surface area (Å²) >= 11 is 8.01. The van der Waals surface area contributed by atoms with Crippen LogP contribution in [0.5, 0.6) is 0 Å². The predicted molar refractivity (Wildman–Crippen MR) is 105 cm³/mol. The Kier molecular flexibility index (Phi) is 7.72. The van der Waals surface area contributed by atoms with Gasteiger partial charge in [0.1, 0.15) is 0 Å². The smallest absolute Gasteiger partial charge is 0.191 e. The molecule has 1 atom stereocenters. The zero-order valence-corrected chi connectivity index (χ0v) is 16.3. The highest BCUT2D eigenvalue weighted by Crippen LogP contribution is 2.34. The van der Waals surface area contributed by atoms with Crippen LogP contribution in [0, 0.1) is 0 Å². The summed E-state index contributed by atoms with van der Waals surface area (Å²) in [5.74, 6) is 0.852. The van der Waals surface area contributed by atoms with E-state index in [1.165, 1.54) is 0 Å². The molecule has 1 aromatic rings. The van der Waals surface area contributed by atoms with Gasteiger partial charge in [-0.2, -0.15) is 11.8 Å². The Morgan fingerprint density at radius 3 is 2.79 bits per heavy atom. The highest BCUT2D eigenvalue weighted by Gasteiger charge is 2.31. The SMILES string of the molecule is CCNC(=NCC1(SC)CCOCC1)NC(C)c1cccc(Cl)c1. The molecule has 1 heterocycles. The van der Waals surface area contributed by atoms with Gasteiger partial charge in [0.15, 0.2) is 5.96 Å². The first-order chi connectivity index (χ1) is 11.6. The number of ether oxygens (including phenoxy) is 1. The maximum Gasteiger partial charge on any atom is 0.191 e. The van der Waals surface area contributed by atoms with Crippen molar-refractivity contribution in [3.8, 4) is 0 Å². The number of aliphatic imine (C=N–C) groups is 1. The lowest BCUT2D eigenvalue weighted by Crippen LogP contribution is -2.41. The maximum atomic E-state index is 6.10. The summed E-state index contributed by atoms with van der Waals surface area (Å²) in [4.78, 5) is 4.85. The second-order valence-corrected chi connectivity index (χ2v) is 7.83. The Balaban J connectivity index is 2.04. The Morgan fingerprint density at radius 1 is 1.42 bits per heavy atom. The number of nitrogens with zero attached hydrogens (tertiary/aromatic N) is 1. The van der Waals surface area contributed by atoms with Crippen LogP contribution in [0.15, 0.2) is 29.3 Å². The second kappa shape index (κ2) is 9.54. The summed E-state index contributed by atoms with van der Waals surface area (Å²) in [5.41, 5.74) is 1.15. The number of nitrogens with one attached hydrogen (secondary N) is 2. The number of halogens is 1. The van der Waals surface area contributed by atoms with Crippen molar-refractivity contribution in [2.75, 3.05) is 32.6 Å². The van der Waals surface area contributed by atoms with Gasteiger partial charge in [0.05, 0.1) is 12.6 Å². The third-order valence-corrected chi connectivity index (χ3v) is 6.05. The van der Waals surface area contributed by atoms with Gasteiger partial charge in [-0.3, -0.25) is 4.99 Å². The summed E-state index contributed by atoms with van der Waals surface area (Å²) in [6.07, 6.45) is 4.29. The number of hydrogen-bond donors (Lipinski definition) is 2. The molecule has 134 valence electrons. The van der Waals surface area contributed by atoms with Gasteiger partial charge in [-0.1, -0.05) is 23.7 Å². The van der Waals surface area contributed by atoms with Crippen molar-refractivity contribution in [1.29, 1.82) is 0 Å². The summed E-state index contributed by atoms with van der Waals surface area (Å²) in [6.45, 7) is 7.51. The minimum atomic E-state index is 0.140. The van der Waals surface area contributed by atoms with Gasteiger partial charge >= 0.3 is 0 Å². The molecule has 1 saturated heterocycles. The van der Waals surface area contributed by atoms with Crippen molar-refractivity contribution in [3.63, 3.8) is 0 Å². The first-order valence-electron chi connectivity index (χ1n) is 8.52. The van der Waals surface area contributed by atoms with Gasteiger partial charge in [-0.15, -0.1) is 0 Å². The Bertz CT molecular complexity index is 547. The Hall–Kier alpha value is -0.910. The molecular weight excluding hydrogens is 342 g/mol. The summed E-state index contributed by atoms with van der Waals surface area (Å²) in [5, 5.41) is 7.58. The third-order valence-electron chi connectivity index (χ3n) is 4.41. The molecule has 0 aliphatic carbocycles. The number of rotatable bonds is 6. The zero-order chi connectivity index (χ0) is 17.4. The lowest BCUT2D eigenvalue weighted by atomic mass is 9.99. The number of benzene rings is 1. The van der Waals surface area contributed by atoms with Gasteiger partial charge < -0.3 is 15.4 Å². The van der Waals surface area contributed by atoms with E-state index in [1.54, 1.807) is 0 Å². The molecule has 1 aromatic carbocycles. The van der Waals surface area contributed by atoms with E-state index >= 15 is 0 Å². The van der Waals surface area contributed by atoms with Crippen molar-refractivity contribution >= 4 is 29.3 Å². The van der Waals surface area contributed by atoms with Gasteiger partial charge in [-0.05, 0) is 50.6 Å². The highest BCUT2D eigenvalue weighted by molar-refractivity contribution is 8.00. The maximum absolute atomic E-state index is 6.10. The molecule has 1 fully saturated rings. The standard InChI is InChI=1S/C18H28ClN3OS/c1-4-20-17(21-13-18(24-3)8-10-23-11-9-18)22-14(2)15-6-5-7-16(19)12-15/h5-7,12,14H,4,8-11,13H2,1-3H3,(H2,20,21,22). The molecule has 1 aliphatic heterocycles. The molecule has 4 nitrogen and oxygen atoms in total. The Morgan fingerprint density at radius 2 is 2.17 bits per heavy atom. The second-order valence-electron chi connectivity index (χ2n) is 6.12. The van der Waals surface area contributed by atoms with Crippen molar-refractivity contribution in [3.05, 3.63) is 34.9 Å². The van der Waals surface area contributed by atoms with Gasteiger partial charge in [0, 0.05) is 29.5 Å². The molecule has 0 aromatic heterocycles. The zero-order valence-electron chi connectivity index (χ0n) is 14.8. The van der Waals surface area contributed by atoms with E-state index in [-0.39, 0.29) is 10.8 Å². The van der Waals surface area contributed by atoms with E-state index in [9.17, 15) is 0 Å². The van der Waals surface area contributed by atoms with E-state index in [0.29, 0.717) is 0 Å². The van der Waals surface area contributed by atoms with E-state index < -0.39 is 0 Å². The molecule has 6 heteroatoms. The lowest BCUT2D eigenvalue weighted by Gasteiger charge is -2.34. The van der Waals surface area contributed by atoms with Crippen LogP contribution >= 0.6 is 23.4 Å². The number of guanidine groups is 1. The topological polar surface area (TPSA) is 45.7 Å². The van der Waals surface area contributed by atoms with E-state index in [0.717, 1.165) is 55.7 Å². The van der Waals surface area contributed by atoms with Crippen molar-refractivity contribution in [1.82, 2.24) is 10.6 Å². The molecule has 0 radical (unpaired) electrons. The molecule has 0 bridgehead atoms. The van der Waals surface area contributed by atoms with Crippen LogP contribution in [-0.2, 0) is 4.74 Å². The monoisotopic (exact) mass is 369 g/mol. The molecule has 0 amide bonds. The molecule has 1 unspecified atom stereocenters. The average molecular weight is 370 g/mol. The molecule has 2 rings (SSSR count). The largest absolute Gasteiger partial charge is 0.381 e. The van der Waals surface area contributed by atoms with E-state index in [4.69, 9.17) is 21.3 Å². The lowest BCUT2D eigenvalue weighted by molar-refractivity contribution is 0.0794. The Labute approximate surface area is 154 Å². The average Bonchev–Trinajstić information content (AvgIpc) is 2.60. The molecule has 24 heavy (non-hydrogen) atoms. The van der Waals surface area contributed by atoms with Crippen LogP contribution in [0.2, 0.25) is 5.02 Å². The van der Waals surface area contributed by atoms with Crippen LogP contribution < -0.4 is 10.6 Å². The van der Waals surface area contributed by atoms with Crippen molar-refractivity contribution in [2.24, 2.45) is 4.99 Å². The predicted octanol–water partition coefficient (Wildman–Crippen LogP) is 3.87. The molecular formula is C18H28ClN3OS. The van der Waals surface area contributed by atoms with Crippen LogP contribution in [0.25, 0.3) is 0 Å². The molecule has 2 N–H and O–H groups in total. The minimum absolute atomic E-state index is 0.140. The van der Waals surface area contributed by atoms with E-state index in [1.807, 2.05) is 30.0 Å². The quantitative estimate of drug-likeness (QED) is 0.590. The summed E-state index contributed by atoms with van der Waals surface area (Å²) < 4.78 is 5.70. The van der Waals surface area contributed by atoms with Crippen LogP contribution in [-0.4, -0.2) is 43.3 Å². The van der Waals surface area contributed by atoms with Gasteiger partial charge in [0.2, 0.25) is 0 Å². The first kappa shape index (κ1) is 19.4.